The van der Waals surface area contributed by atoms with Crippen LogP contribution in [0.25, 0.3) is 0 Å². The normalized spacial score (nSPS) is 13.7. The molecule has 10 nitrogen and oxygen atoms in total. The fourth-order valence-corrected chi connectivity index (χ4v) is 3.13. The molecule has 4 heterocycles. The summed E-state index contributed by atoms with van der Waals surface area (Å²) < 4.78 is 0. The van der Waals surface area contributed by atoms with Gasteiger partial charge in [-0.3, -0.25) is 14.6 Å². The maximum atomic E-state index is 12.6. The highest BCUT2D eigenvalue weighted by molar-refractivity contribution is 6.05. The zero-order valence-electron chi connectivity index (χ0n) is 16.1. The highest BCUT2D eigenvalue weighted by Gasteiger charge is 2.24. The first-order valence-corrected chi connectivity index (χ1v) is 9.41. The molecule has 0 bridgehead atoms. The molecule has 1 aliphatic heterocycles. The van der Waals surface area contributed by atoms with Crippen molar-refractivity contribution >= 4 is 29.3 Å². The Balaban J connectivity index is 1.43. The number of hydrogen-bond donors (Lipinski definition) is 2. The fourth-order valence-electron chi connectivity index (χ4n) is 3.13. The number of carbonyl (C=O) groups excluding carboxylic acids is 2. The van der Waals surface area contributed by atoms with E-state index in [9.17, 15) is 9.59 Å². The molecule has 0 radical (unpaired) electrons. The molecule has 0 aromatic carbocycles. The summed E-state index contributed by atoms with van der Waals surface area (Å²) in [4.78, 5) is 45.5. The summed E-state index contributed by atoms with van der Waals surface area (Å²) in [6, 6.07) is 8.68. The minimum atomic E-state index is -0.481. The van der Waals surface area contributed by atoms with Crippen LogP contribution >= 0.6 is 0 Å². The maximum Gasteiger partial charge on any atom is 0.279 e. The Morgan fingerprint density at radius 1 is 0.967 bits per heavy atom. The molecule has 0 atom stereocenters. The SMILES string of the molecule is Nc1ncc(N2CCN(C(=O)c3cccnc3)CC2)nc1C(=O)Nc1ccccn1. The molecular weight excluding hydrogens is 384 g/mol. The van der Waals surface area contributed by atoms with Crippen LogP contribution in [0.15, 0.2) is 55.1 Å². The summed E-state index contributed by atoms with van der Waals surface area (Å²) in [6.07, 6.45) is 6.31. The van der Waals surface area contributed by atoms with Crippen LogP contribution in [0.5, 0.6) is 0 Å². The van der Waals surface area contributed by atoms with Crippen LogP contribution in [0.2, 0.25) is 0 Å². The number of piperazine rings is 1. The average Bonchev–Trinajstić information content (AvgIpc) is 2.80. The molecule has 1 aliphatic rings. The molecule has 1 saturated heterocycles. The predicted molar refractivity (Wildman–Crippen MR) is 111 cm³/mol. The van der Waals surface area contributed by atoms with Crippen molar-refractivity contribution in [3.8, 4) is 0 Å². The minimum absolute atomic E-state index is 0.0343. The second kappa shape index (κ2) is 8.52. The van der Waals surface area contributed by atoms with E-state index >= 15 is 0 Å². The van der Waals surface area contributed by atoms with E-state index in [1.54, 1.807) is 53.8 Å². The van der Waals surface area contributed by atoms with E-state index < -0.39 is 5.91 Å². The number of amides is 2. The number of nitrogens with zero attached hydrogens (tertiary/aromatic N) is 6. The van der Waals surface area contributed by atoms with Crippen molar-refractivity contribution in [2.75, 3.05) is 42.1 Å². The van der Waals surface area contributed by atoms with Crippen molar-refractivity contribution in [3.05, 3.63) is 66.4 Å². The second-order valence-electron chi connectivity index (χ2n) is 6.65. The van der Waals surface area contributed by atoms with E-state index in [-0.39, 0.29) is 17.4 Å². The topological polar surface area (TPSA) is 130 Å². The summed E-state index contributed by atoms with van der Waals surface area (Å²) in [5, 5.41) is 2.66. The molecule has 3 N–H and O–H groups in total. The highest BCUT2D eigenvalue weighted by Crippen LogP contribution is 2.18. The van der Waals surface area contributed by atoms with Gasteiger partial charge in [-0.1, -0.05) is 6.07 Å². The molecule has 0 aliphatic carbocycles. The number of aromatic nitrogens is 4. The zero-order chi connectivity index (χ0) is 20.9. The van der Waals surface area contributed by atoms with Crippen LogP contribution in [0.3, 0.4) is 0 Å². The van der Waals surface area contributed by atoms with Crippen LogP contribution < -0.4 is 16.0 Å². The Kier molecular flexibility index (Phi) is 5.46. The molecular formula is C20H20N8O2. The summed E-state index contributed by atoms with van der Waals surface area (Å²) in [5.74, 6) is 0.436. The molecule has 10 heteroatoms. The van der Waals surface area contributed by atoms with Gasteiger partial charge < -0.3 is 20.9 Å². The third kappa shape index (κ3) is 4.17. The van der Waals surface area contributed by atoms with Gasteiger partial charge in [0.05, 0.1) is 11.8 Å². The van der Waals surface area contributed by atoms with Gasteiger partial charge in [-0.15, -0.1) is 0 Å². The van der Waals surface area contributed by atoms with Gasteiger partial charge in [0.15, 0.2) is 11.5 Å². The molecule has 30 heavy (non-hydrogen) atoms. The van der Waals surface area contributed by atoms with Crippen LogP contribution in [-0.2, 0) is 0 Å². The molecule has 4 rings (SSSR count). The first kappa shape index (κ1) is 19.2. The van der Waals surface area contributed by atoms with Crippen molar-refractivity contribution in [1.29, 1.82) is 0 Å². The fraction of sp³-hybridized carbons (Fsp3) is 0.200. The van der Waals surface area contributed by atoms with E-state index in [0.717, 1.165) is 0 Å². The molecule has 3 aromatic rings. The first-order chi connectivity index (χ1) is 14.6. The summed E-state index contributed by atoms with van der Waals surface area (Å²) in [6.45, 7) is 2.17. The number of nitrogen functional groups attached to an aromatic ring is 1. The first-order valence-electron chi connectivity index (χ1n) is 9.41. The van der Waals surface area contributed by atoms with Gasteiger partial charge in [0.25, 0.3) is 11.8 Å². The van der Waals surface area contributed by atoms with E-state index in [2.05, 4.69) is 25.3 Å². The zero-order valence-corrected chi connectivity index (χ0v) is 16.1. The van der Waals surface area contributed by atoms with Crippen molar-refractivity contribution in [1.82, 2.24) is 24.8 Å². The molecule has 1 fully saturated rings. The smallest absolute Gasteiger partial charge is 0.279 e. The van der Waals surface area contributed by atoms with Crippen LogP contribution in [0.1, 0.15) is 20.8 Å². The Bertz CT molecular complexity index is 1040. The summed E-state index contributed by atoms with van der Waals surface area (Å²) in [5.41, 5.74) is 6.46. The maximum absolute atomic E-state index is 12.6. The third-order valence-electron chi connectivity index (χ3n) is 4.71. The third-order valence-corrected chi connectivity index (χ3v) is 4.71. The number of pyridine rings is 2. The van der Waals surface area contributed by atoms with Gasteiger partial charge in [-0.25, -0.2) is 15.0 Å². The highest BCUT2D eigenvalue weighted by atomic mass is 16.2. The Labute approximate surface area is 172 Å². The van der Waals surface area contributed by atoms with E-state index in [1.807, 2.05) is 4.90 Å². The van der Waals surface area contributed by atoms with Gasteiger partial charge in [-0.05, 0) is 24.3 Å². The lowest BCUT2D eigenvalue weighted by Gasteiger charge is -2.35. The van der Waals surface area contributed by atoms with Gasteiger partial charge in [0, 0.05) is 44.8 Å². The van der Waals surface area contributed by atoms with Crippen molar-refractivity contribution in [2.24, 2.45) is 0 Å². The standard InChI is InChI=1S/C20H20N8O2/c21-18-17(19(29)25-15-5-1-2-7-23-15)26-16(13-24-18)27-8-10-28(11-9-27)20(30)14-4-3-6-22-12-14/h1-7,12-13H,8-11H2,(H2,21,24)(H,23,25,29). The van der Waals surface area contributed by atoms with Crippen molar-refractivity contribution in [3.63, 3.8) is 0 Å². The predicted octanol–water partition coefficient (Wildman–Crippen LogP) is 1.06. The second-order valence-corrected chi connectivity index (χ2v) is 6.65. The largest absolute Gasteiger partial charge is 0.382 e. The Morgan fingerprint density at radius 2 is 1.80 bits per heavy atom. The van der Waals surface area contributed by atoms with Crippen LogP contribution in [-0.4, -0.2) is 62.8 Å². The molecule has 2 amide bonds. The molecule has 0 spiro atoms. The summed E-state index contributed by atoms with van der Waals surface area (Å²) in [7, 11) is 0. The van der Waals surface area contributed by atoms with Gasteiger partial charge >= 0.3 is 0 Å². The Morgan fingerprint density at radius 3 is 2.50 bits per heavy atom. The molecule has 0 saturated carbocycles. The lowest BCUT2D eigenvalue weighted by Crippen LogP contribution is -2.49. The van der Waals surface area contributed by atoms with E-state index in [1.165, 1.54) is 6.20 Å². The van der Waals surface area contributed by atoms with Crippen LogP contribution in [0, 0.1) is 0 Å². The lowest BCUT2D eigenvalue weighted by atomic mass is 10.2. The molecule has 0 unspecified atom stereocenters. The number of nitrogens with one attached hydrogen (secondary N) is 1. The monoisotopic (exact) mass is 404 g/mol. The van der Waals surface area contributed by atoms with Crippen molar-refractivity contribution in [2.45, 2.75) is 0 Å². The number of rotatable bonds is 4. The summed E-state index contributed by atoms with van der Waals surface area (Å²) >= 11 is 0. The lowest BCUT2D eigenvalue weighted by molar-refractivity contribution is 0.0746. The quantitative estimate of drug-likeness (QED) is 0.660. The minimum Gasteiger partial charge on any atom is -0.382 e. The van der Waals surface area contributed by atoms with Gasteiger partial charge in [-0.2, -0.15) is 0 Å². The number of nitrogens with two attached hydrogens (primary N) is 1. The van der Waals surface area contributed by atoms with Gasteiger partial charge in [0.1, 0.15) is 11.6 Å². The number of hydrogen-bond acceptors (Lipinski definition) is 8. The van der Waals surface area contributed by atoms with E-state index in [4.69, 9.17) is 5.73 Å². The van der Waals surface area contributed by atoms with Gasteiger partial charge in [0.2, 0.25) is 0 Å². The molecule has 152 valence electrons. The Hall–Kier alpha value is -4.08. The molecule has 3 aromatic heterocycles. The van der Waals surface area contributed by atoms with Crippen molar-refractivity contribution < 1.29 is 9.59 Å². The van der Waals surface area contributed by atoms with E-state index in [0.29, 0.717) is 43.4 Å². The number of carbonyl (C=O) groups is 2. The van der Waals surface area contributed by atoms with Crippen LogP contribution in [0.4, 0.5) is 17.5 Å². The average molecular weight is 404 g/mol. The number of anilines is 3.